The van der Waals surface area contributed by atoms with Crippen molar-refractivity contribution >= 4 is 35.0 Å². The Hall–Kier alpha value is -3.23. The first kappa shape index (κ1) is 19.7. The Morgan fingerprint density at radius 3 is 2.68 bits per heavy atom. The predicted molar refractivity (Wildman–Crippen MR) is 113 cm³/mol. The lowest BCUT2D eigenvalue weighted by Crippen LogP contribution is -2.41. The van der Waals surface area contributed by atoms with E-state index in [2.05, 4.69) is 15.2 Å². The van der Waals surface area contributed by atoms with Crippen molar-refractivity contribution in [1.82, 2.24) is 9.97 Å². The smallest absolute Gasteiger partial charge is 0.335 e. The Labute approximate surface area is 179 Å². The number of anilines is 4. The number of hydrogen-bond acceptors (Lipinski definition) is 6. The van der Waals surface area contributed by atoms with Gasteiger partial charge in [0.2, 0.25) is 11.9 Å². The third-order valence-electron chi connectivity index (χ3n) is 6.70. The minimum atomic E-state index is -1.19. The number of carbonyl (C=O) groups excluding carboxylic acids is 1. The molecule has 1 aliphatic heterocycles. The van der Waals surface area contributed by atoms with Crippen LogP contribution in [0.15, 0.2) is 24.4 Å². The van der Waals surface area contributed by atoms with Crippen LogP contribution in [-0.4, -0.2) is 46.6 Å². The fourth-order valence-corrected chi connectivity index (χ4v) is 4.72. The van der Waals surface area contributed by atoms with E-state index in [0.717, 1.165) is 44.6 Å². The van der Waals surface area contributed by atoms with Crippen LogP contribution in [0.1, 0.15) is 48.9 Å². The second kappa shape index (κ2) is 7.18. The van der Waals surface area contributed by atoms with Crippen molar-refractivity contribution in [3.05, 3.63) is 35.8 Å². The Morgan fingerprint density at radius 1 is 1.29 bits per heavy atom. The molecule has 2 N–H and O–H groups in total. The molecule has 1 amide bonds. The van der Waals surface area contributed by atoms with Crippen LogP contribution in [0.5, 0.6) is 0 Å². The molecule has 0 atom stereocenters. The first-order chi connectivity index (χ1) is 14.9. The van der Waals surface area contributed by atoms with E-state index in [1.807, 2.05) is 0 Å². The molecule has 1 spiro atoms. The van der Waals surface area contributed by atoms with E-state index < -0.39 is 11.8 Å². The fraction of sp³-hybridized carbons (Fsp3) is 0.455. The summed E-state index contributed by atoms with van der Waals surface area (Å²) in [5.74, 6) is -0.896. The summed E-state index contributed by atoms with van der Waals surface area (Å²) >= 11 is 0. The number of aromatic nitrogens is 2. The number of nitrogens with one attached hydrogen (secondary N) is 1. The van der Waals surface area contributed by atoms with Gasteiger partial charge in [-0.25, -0.2) is 14.2 Å². The number of benzene rings is 1. The fourth-order valence-electron chi connectivity index (χ4n) is 4.72. The Morgan fingerprint density at radius 2 is 2.03 bits per heavy atom. The van der Waals surface area contributed by atoms with E-state index >= 15 is 0 Å². The van der Waals surface area contributed by atoms with Gasteiger partial charge in [-0.2, -0.15) is 4.98 Å². The van der Waals surface area contributed by atoms with Gasteiger partial charge in [0.15, 0.2) is 5.82 Å². The minimum absolute atomic E-state index is 0.0917. The van der Waals surface area contributed by atoms with Crippen molar-refractivity contribution in [2.75, 3.05) is 28.7 Å². The number of carboxylic acids is 1. The number of fused-ring (bicyclic) bond motifs is 1. The lowest BCUT2D eigenvalue weighted by molar-refractivity contribution is -0.122. The molecule has 162 valence electrons. The van der Waals surface area contributed by atoms with E-state index in [1.165, 1.54) is 12.1 Å². The van der Waals surface area contributed by atoms with Crippen molar-refractivity contribution < 1.29 is 19.1 Å². The van der Waals surface area contributed by atoms with Crippen LogP contribution in [0, 0.1) is 11.2 Å². The second-order valence-corrected chi connectivity index (χ2v) is 8.74. The summed E-state index contributed by atoms with van der Waals surface area (Å²) in [6, 6.07) is 3.97. The molecule has 1 aromatic heterocycles. The van der Waals surface area contributed by atoms with Gasteiger partial charge in [0.05, 0.1) is 22.9 Å². The summed E-state index contributed by atoms with van der Waals surface area (Å²) in [5.41, 5.74) is 0.278. The van der Waals surface area contributed by atoms with Crippen LogP contribution in [0.3, 0.4) is 0 Å². The van der Waals surface area contributed by atoms with Gasteiger partial charge < -0.3 is 20.2 Å². The summed E-state index contributed by atoms with van der Waals surface area (Å²) in [7, 11) is 1.76. The van der Waals surface area contributed by atoms with E-state index in [1.54, 1.807) is 18.1 Å². The molecule has 0 saturated heterocycles. The van der Waals surface area contributed by atoms with Gasteiger partial charge in [0.25, 0.3) is 0 Å². The lowest BCUT2D eigenvalue weighted by Gasteiger charge is -2.31. The molecule has 9 heteroatoms. The molecule has 2 heterocycles. The average molecular weight is 425 g/mol. The van der Waals surface area contributed by atoms with Crippen LogP contribution in [-0.2, 0) is 4.79 Å². The highest BCUT2D eigenvalue weighted by molar-refractivity contribution is 6.02. The Balaban J connectivity index is 1.52. The summed E-state index contributed by atoms with van der Waals surface area (Å²) < 4.78 is 14.4. The van der Waals surface area contributed by atoms with Crippen LogP contribution < -0.4 is 15.1 Å². The van der Waals surface area contributed by atoms with Gasteiger partial charge in [-0.05, 0) is 43.9 Å². The van der Waals surface area contributed by atoms with Crippen molar-refractivity contribution in [1.29, 1.82) is 0 Å². The zero-order valence-electron chi connectivity index (χ0n) is 17.3. The summed E-state index contributed by atoms with van der Waals surface area (Å²) in [4.78, 5) is 37.1. The highest BCUT2D eigenvalue weighted by atomic mass is 19.1. The maximum Gasteiger partial charge on any atom is 0.335 e. The van der Waals surface area contributed by atoms with Crippen molar-refractivity contribution in [3.63, 3.8) is 0 Å². The van der Waals surface area contributed by atoms with Crippen LogP contribution in [0.2, 0.25) is 0 Å². The summed E-state index contributed by atoms with van der Waals surface area (Å²) in [6.45, 7) is 0.645. The molecule has 5 rings (SSSR count). The maximum absolute atomic E-state index is 14.4. The minimum Gasteiger partial charge on any atom is -0.478 e. The standard InChI is InChI=1S/C22H24FN5O3/c1-27-17-11-24-21(25-16-7-6-13(19(29)30)10-15(16)23)26-18(17)28(14-4-2-3-5-14)12-22(8-9-22)20(27)31/h6-7,10-11,14H,2-5,8-9,12H2,1H3,(H,29,30)(H,24,25,26). The molecule has 1 aromatic carbocycles. The molecule has 2 saturated carbocycles. The highest BCUT2D eigenvalue weighted by Crippen LogP contribution is 2.52. The molecule has 0 radical (unpaired) electrons. The third kappa shape index (κ3) is 3.37. The summed E-state index contributed by atoms with van der Waals surface area (Å²) in [5, 5.41) is 11.9. The van der Waals surface area contributed by atoms with Gasteiger partial charge in [0, 0.05) is 19.6 Å². The molecule has 3 aliphatic rings. The number of hydrogen-bond donors (Lipinski definition) is 2. The van der Waals surface area contributed by atoms with Crippen molar-refractivity contribution in [2.24, 2.45) is 5.41 Å². The monoisotopic (exact) mass is 425 g/mol. The molecule has 0 unspecified atom stereocenters. The maximum atomic E-state index is 14.4. The quantitative estimate of drug-likeness (QED) is 0.773. The molecule has 2 aromatic rings. The van der Waals surface area contributed by atoms with Crippen LogP contribution >= 0.6 is 0 Å². The molecule has 2 aliphatic carbocycles. The van der Waals surface area contributed by atoms with E-state index in [4.69, 9.17) is 10.1 Å². The zero-order valence-corrected chi connectivity index (χ0v) is 17.3. The third-order valence-corrected chi connectivity index (χ3v) is 6.70. The normalized spacial score (nSPS) is 20.0. The van der Waals surface area contributed by atoms with Gasteiger partial charge in [0.1, 0.15) is 11.5 Å². The average Bonchev–Trinajstić information content (AvgIpc) is 3.36. The molecular formula is C22H24FN5O3. The Kier molecular flexibility index (Phi) is 4.56. The van der Waals surface area contributed by atoms with Crippen molar-refractivity contribution in [3.8, 4) is 0 Å². The SMILES string of the molecule is CN1C(=O)C2(CC2)CN(C2CCCC2)c2nc(Nc3ccc(C(=O)O)cc3F)ncc21. The summed E-state index contributed by atoms with van der Waals surface area (Å²) in [6.07, 6.45) is 7.81. The topological polar surface area (TPSA) is 98.7 Å². The number of nitrogens with zero attached hydrogens (tertiary/aromatic N) is 4. The molecular weight excluding hydrogens is 401 g/mol. The number of carboxylic acid groups (broad SMARTS) is 1. The lowest BCUT2D eigenvalue weighted by atomic mass is 10.0. The second-order valence-electron chi connectivity index (χ2n) is 8.74. The Bertz CT molecular complexity index is 1070. The number of rotatable bonds is 4. The largest absolute Gasteiger partial charge is 0.478 e. The zero-order chi connectivity index (χ0) is 21.8. The van der Waals surface area contributed by atoms with Crippen molar-refractivity contribution in [2.45, 2.75) is 44.6 Å². The number of halogens is 1. The van der Waals surface area contributed by atoms with Crippen LogP contribution in [0.25, 0.3) is 0 Å². The number of amides is 1. The molecule has 8 nitrogen and oxygen atoms in total. The molecule has 31 heavy (non-hydrogen) atoms. The number of carbonyl (C=O) groups is 2. The van der Waals surface area contributed by atoms with Gasteiger partial charge in [-0.3, -0.25) is 4.79 Å². The predicted octanol–water partition coefficient (Wildman–Crippen LogP) is 3.56. The van der Waals surface area contributed by atoms with Gasteiger partial charge in [-0.1, -0.05) is 12.8 Å². The van der Waals surface area contributed by atoms with E-state index in [-0.39, 0.29) is 28.5 Å². The molecule has 2 fully saturated rings. The van der Waals surface area contributed by atoms with Crippen LogP contribution in [0.4, 0.5) is 27.5 Å². The van der Waals surface area contributed by atoms with Gasteiger partial charge >= 0.3 is 5.97 Å². The number of aromatic carboxylic acids is 1. The molecule has 0 bridgehead atoms. The van der Waals surface area contributed by atoms with E-state index in [9.17, 15) is 14.0 Å². The first-order valence-corrected chi connectivity index (χ1v) is 10.6. The highest BCUT2D eigenvalue weighted by Gasteiger charge is 2.55. The first-order valence-electron chi connectivity index (χ1n) is 10.6. The van der Waals surface area contributed by atoms with Gasteiger partial charge in [-0.15, -0.1) is 0 Å². The van der Waals surface area contributed by atoms with E-state index in [0.29, 0.717) is 24.1 Å².